The van der Waals surface area contributed by atoms with E-state index < -0.39 is 0 Å². The Bertz CT molecular complexity index is 817. The van der Waals surface area contributed by atoms with Crippen molar-refractivity contribution in [2.75, 3.05) is 13.7 Å². The number of methoxy groups -OCH3 is 1. The molecule has 2 aromatic carbocycles. The van der Waals surface area contributed by atoms with Crippen LogP contribution in [0.3, 0.4) is 0 Å². The van der Waals surface area contributed by atoms with Gasteiger partial charge in [-0.05, 0) is 43.3 Å². The van der Waals surface area contributed by atoms with E-state index in [4.69, 9.17) is 9.47 Å². The van der Waals surface area contributed by atoms with Crippen LogP contribution in [-0.2, 0) is 4.79 Å². The summed E-state index contributed by atoms with van der Waals surface area (Å²) in [5, 5.41) is 3.06. The molecule has 25 heavy (non-hydrogen) atoms. The minimum atomic E-state index is -0.138. The fourth-order valence-corrected chi connectivity index (χ4v) is 3.26. The number of aryl methyl sites for hydroxylation is 1. The van der Waals surface area contributed by atoms with Crippen LogP contribution in [-0.4, -0.2) is 19.6 Å². The molecule has 1 aliphatic rings. The minimum Gasteiger partial charge on any atom is -0.496 e. The first-order valence-corrected chi connectivity index (χ1v) is 8.91. The first-order chi connectivity index (χ1) is 12.1. The maximum absolute atomic E-state index is 12.4. The summed E-state index contributed by atoms with van der Waals surface area (Å²) in [5.74, 6) is 1.43. The normalized spacial score (nSPS) is 16.2. The van der Waals surface area contributed by atoms with Crippen molar-refractivity contribution in [2.24, 2.45) is 0 Å². The molecule has 2 aromatic rings. The second-order valence-corrected chi connectivity index (χ2v) is 6.87. The molecule has 0 fully saturated rings. The number of hydrogen-bond acceptors (Lipinski definition) is 3. The van der Waals surface area contributed by atoms with E-state index in [1.54, 1.807) is 19.3 Å². The molecule has 0 aliphatic carbocycles. The molecule has 1 N–H and O–H groups in total. The Morgan fingerprint density at radius 3 is 2.96 bits per heavy atom. The van der Waals surface area contributed by atoms with Gasteiger partial charge >= 0.3 is 0 Å². The smallest absolute Gasteiger partial charge is 0.244 e. The van der Waals surface area contributed by atoms with Crippen LogP contribution in [0.4, 0.5) is 0 Å². The van der Waals surface area contributed by atoms with Gasteiger partial charge in [-0.3, -0.25) is 4.79 Å². The van der Waals surface area contributed by atoms with E-state index in [1.165, 1.54) is 0 Å². The number of hydrogen-bond donors (Lipinski definition) is 1. The molecule has 0 radical (unpaired) electrons. The first kappa shape index (κ1) is 17.5. The minimum absolute atomic E-state index is 0.0576. The van der Waals surface area contributed by atoms with Crippen LogP contribution in [0.2, 0.25) is 0 Å². The number of carbonyl (C=O) groups excluding carboxylic acids is 1. The van der Waals surface area contributed by atoms with Gasteiger partial charge in [0.25, 0.3) is 0 Å². The Hall–Kier alpha value is -2.27. The molecular weight excluding hydrogens is 382 g/mol. The van der Waals surface area contributed by atoms with Crippen LogP contribution in [0.5, 0.6) is 11.5 Å². The first-order valence-electron chi connectivity index (χ1n) is 8.12. The van der Waals surface area contributed by atoms with Crippen molar-refractivity contribution in [3.8, 4) is 11.5 Å². The van der Waals surface area contributed by atoms with Crippen LogP contribution in [0.15, 0.2) is 46.9 Å². The number of nitrogens with one attached hydrogen (secondary N) is 1. The zero-order chi connectivity index (χ0) is 17.8. The number of halogens is 1. The summed E-state index contributed by atoms with van der Waals surface area (Å²) in [7, 11) is 1.62. The van der Waals surface area contributed by atoms with Crippen molar-refractivity contribution in [1.29, 1.82) is 0 Å². The summed E-state index contributed by atoms with van der Waals surface area (Å²) in [6, 6.07) is 11.7. The zero-order valence-electron chi connectivity index (χ0n) is 14.2. The van der Waals surface area contributed by atoms with E-state index in [9.17, 15) is 4.79 Å². The van der Waals surface area contributed by atoms with Crippen molar-refractivity contribution in [3.05, 3.63) is 63.6 Å². The standard InChI is InChI=1S/C20H20BrNO3/c1-13-3-6-18(24-2)14(11-13)4-8-20(23)22-17-9-10-25-19-7-5-15(21)12-16(17)19/h3-8,11-12,17H,9-10H2,1-2H3,(H,22,23). The summed E-state index contributed by atoms with van der Waals surface area (Å²) < 4.78 is 12.0. The average molecular weight is 402 g/mol. The molecule has 0 bridgehead atoms. The van der Waals surface area contributed by atoms with Gasteiger partial charge in [0, 0.05) is 28.1 Å². The predicted octanol–water partition coefficient (Wildman–Crippen LogP) is 4.42. The van der Waals surface area contributed by atoms with E-state index in [0.717, 1.165) is 39.1 Å². The lowest BCUT2D eigenvalue weighted by atomic mass is 10.0. The third-order valence-corrected chi connectivity index (χ3v) is 4.62. The van der Waals surface area contributed by atoms with Gasteiger partial charge in [0.05, 0.1) is 19.8 Å². The monoisotopic (exact) mass is 401 g/mol. The maximum Gasteiger partial charge on any atom is 0.244 e. The molecule has 1 aliphatic heterocycles. The highest BCUT2D eigenvalue weighted by molar-refractivity contribution is 9.10. The molecule has 0 aromatic heterocycles. The molecule has 1 unspecified atom stereocenters. The number of fused-ring (bicyclic) bond motifs is 1. The molecular formula is C20H20BrNO3. The van der Waals surface area contributed by atoms with E-state index >= 15 is 0 Å². The molecule has 3 rings (SSSR count). The van der Waals surface area contributed by atoms with Crippen molar-refractivity contribution in [1.82, 2.24) is 5.32 Å². The van der Waals surface area contributed by atoms with Gasteiger partial charge < -0.3 is 14.8 Å². The van der Waals surface area contributed by atoms with Gasteiger partial charge in [0.1, 0.15) is 11.5 Å². The summed E-state index contributed by atoms with van der Waals surface area (Å²) in [6.45, 7) is 2.60. The lowest BCUT2D eigenvalue weighted by molar-refractivity contribution is -0.117. The van der Waals surface area contributed by atoms with Gasteiger partial charge in [-0.25, -0.2) is 0 Å². The number of benzene rings is 2. The molecule has 1 heterocycles. The molecule has 130 valence electrons. The second-order valence-electron chi connectivity index (χ2n) is 5.96. The van der Waals surface area contributed by atoms with E-state index in [2.05, 4.69) is 21.2 Å². The van der Waals surface area contributed by atoms with Crippen molar-refractivity contribution < 1.29 is 14.3 Å². The van der Waals surface area contributed by atoms with Gasteiger partial charge in [0.15, 0.2) is 0 Å². The Kier molecular flexibility index (Phi) is 5.43. The molecule has 0 spiro atoms. The second kappa shape index (κ2) is 7.74. The highest BCUT2D eigenvalue weighted by atomic mass is 79.9. The molecule has 1 atom stereocenters. The fourth-order valence-electron chi connectivity index (χ4n) is 2.88. The number of ether oxygens (including phenoxy) is 2. The zero-order valence-corrected chi connectivity index (χ0v) is 15.8. The topological polar surface area (TPSA) is 47.6 Å². The number of rotatable bonds is 4. The summed E-state index contributed by atoms with van der Waals surface area (Å²) in [4.78, 5) is 12.4. The summed E-state index contributed by atoms with van der Waals surface area (Å²) in [5.41, 5.74) is 2.99. The van der Waals surface area contributed by atoms with Gasteiger partial charge in [-0.2, -0.15) is 0 Å². The SMILES string of the molecule is COc1ccc(C)cc1C=CC(=O)NC1CCOc2ccc(Br)cc21. The average Bonchev–Trinajstić information content (AvgIpc) is 2.60. The molecule has 1 amide bonds. The van der Waals surface area contributed by atoms with Crippen LogP contribution < -0.4 is 14.8 Å². The summed E-state index contributed by atoms with van der Waals surface area (Å²) >= 11 is 3.47. The maximum atomic E-state index is 12.4. The Morgan fingerprint density at radius 2 is 2.16 bits per heavy atom. The van der Waals surface area contributed by atoms with E-state index in [1.807, 2.05) is 43.3 Å². The lowest BCUT2D eigenvalue weighted by Crippen LogP contribution is -2.31. The fraction of sp³-hybridized carbons (Fsp3) is 0.250. The lowest BCUT2D eigenvalue weighted by Gasteiger charge is -2.26. The van der Waals surface area contributed by atoms with Crippen LogP contribution in [0.1, 0.15) is 29.2 Å². The Labute approximate surface area is 156 Å². The highest BCUT2D eigenvalue weighted by Gasteiger charge is 2.22. The van der Waals surface area contributed by atoms with E-state index in [0.29, 0.717) is 6.61 Å². The molecule has 0 saturated heterocycles. The van der Waals surface area contributed by atoms with Crippen molar-refractivity contribution in [3.63, 3.8) is 0 Å². The summed E-state index contributed by atoms with van der Waals surface area (Å²) in [6.07, 6.45) is 4.07. The van der Waals surface area contributed by atoms with Crippen LogP contribution in [0, 0.1) is 6.92 Å². The molecule has 4 nitrogen and oxygen atoms in total. The molecule has 5 heteroatoms. The van der Waals surface area contributed by atoms with E-state index in [-0.39, 0.29) is 11.9 Å². The third kappa shape index (κ3) is 4.23. The Balaban J connectivity index is 1.74. The predicted molar refractivity (Wildman–Crippen MR) is 102 cm³/mol. The van der Waals surface area contributed by atoms with Crippen molar-refractivity contribution >= 4 is 27.9 Å². The molecule has 0 saturated carbocycles. The van der Waals surface area contributed by atoms with Crippen LogP contribution in [0.25, 0.3) is 6.08 Å². The van der Waals surface area contributed by atoms with Crippen molar-refractivity contribution in [2.45, 2.75) is 19.4 Å². The third-order valence-electron chi connectivity index (χ3n) is 4.13. The number of amides is 1. The largest absolute Gasteiger partial charge is 0.496 e. The van der Waals surface area contributed by atoms with Gasteiger partial charge in [0.2, 0.25) is 5.91 Å². The Morgan fingerprint density at radius 1 is 1.32 bits per heavy atom. The highest BCUT2D eigenvalue weighted by Crippen LogP contribution is 2.34. The van der Waals surface area contributed by atoms with Gasteiger partial charge in [-0.15, -0.1) is 0 Å². The quantitative estimate of drug-likeness (QED) is 0.771. The van der Waals surface area contributed by atoms with Gasteiger partial charge in [-0.1, -0.05) is 27.6 Å². The van der Waals surface area contributed by atoms with Crippen LogP contribution >= 0.6 is 15.9 Å². The number of carbonyl (C=O) groups is 1.